The molecule has 116 valence electrons. The zero-order chi connectivity index (χ0) is 16.5. The first-order valence-electron chi connectivity index (χ1n) is 6.50. The van der Waals surface area contributed by atoms with Gasteiger partial charge in [-0.3, -0.25) is 4.79 Å². The zero-order valence-electron chi connectivity index (χ0n) is 12.1. The van der Waals surface area contributed by atoms with Gasteiger partial charge < -0.3 is 5.11 Å². The lowest BCUT2D eigenvalue weighted by molar-refractivity contribution is -0.139. The Bertz CT molecular complexity index is 791. The number of carbonyl (C=O) groups is 1. The summed E-state index contributed by atoms with van der Waals surface area (Å²) in [6.45, 7) is 2.36. The van der Waals surface area contributed by atoms with Gasteiger partial charge in [-0.25, -0.2) is 8.42 Å². The van der Waals surface area contributed by atoms with Crippen molar-refractivity contribution in [3.8, 4) is 11.1 Å². The molecule has 2 aromatic rings. The molecule has 0 spiro atoms. The summed E-state index contributed by atoms with van der Waals surface area (Å²) in [5.41, 5.74) is 1.72. The predicted octanol–water partition coefficient (Wildman–Crippen LogP) is 3.64. The van der Waals surface area contributed by atoms with Crippen LogP contribution in [0.4, 0.5) is 0 Å². The SMILES string of the molecule is CC(C)(C(=O)O)S(=O)(=O)c1ccc(-c2ccc(Cl)cc2)cc1. The molecule has 0 fully saturated rings. The van der Waals surface area contributed by atoms with Gasteiger partial charge in [-0.2, -0.15) is 0 Å². The minimum Gasteiger partial charge on any atom is -0.480 e. The largest absolute Gasteiger partial charge is 0.480 e. The molecule has 6 heteroatoms. The molecule has 0 atom stereocenters. The standard InChI is InChI=1S/C16H15ClO4S/c1-16(2,15(18)19)22(20,21)14-9-5-12(6-10-14)11-3-7-13(17)8-4-11/h3-10H,1-2H3,(H,18,19). The summed E-state index contributed by atoms with van der Waals surface area (Å²) in [7, 11) is -3.96. The maximum absolute atomic E-state index is 12.4. The molecule has 0 saturated carbocycles. The van der Waals surface area contributed by atoms with Gasteiger partial charge in [-0.15, -0.1) is 0 Å². The average Bonchev–Trinajstić information content (AvgIpc) is 2.48. The van der Waals surface area contributed by atoms with Crippen molar-refractivity contribution in [3.63, 3.8) is 0 Å². The van der Waals surface area contributed by atoms with Crippen LogP contribution < -0.4 is 0 Å². The molecule has 4 nitrogen and oxygen atoms in total. The van der Waals surface area contributed by atoms with Crippen LogP contribution in [0.1, 0.15) is 13.8 Å². The van der Waals surface area contributed by atoms with Gasteiger partial charge in [0.25, 0.3) is 0 Å². The summed E-state index contributed by atoms with van der Waals surface area (Å²) >= 11 is 5.83. The Morgan fingerprint density at radius 1 is 0.955 bits per heavy atom. The molecule has 0 heterocycles. The first-order valence-corrected chi connectivity index (χ1v) is 8.36. The number of carboxylic acid groups (broad SMARTS) is 1. The van der Waals surface area contributed by atoms with Crippen molar-refractivity contribution in [2.75, 3.05) is 0 Å². The minimum atomic E-state index is -3.96. The van der Waals surface area contributed by atoms with E-state index in [1.165, 1.54) is 26.0 Å². The van der Waals surface area contributed by atoms with E-state index in [0.29, 0.717) is 5.02 Å². The molecule has 0 amide bonds. The summed E-state index contributed by atoms with van der Waals surface area (Å²) in [6, 6.07) is 13.3. The molecule has 0 aliphatic heterocycles. The first kappa shape index (κ1) is 16.5. The minimum absolute atomic E-state index is 0.0161. The molecule has 1 N–H and O–H groups in total. The number of sulfone groups is 1. The van der Waals surface area contributed by atoms with Crippen molar-refractivity contribution < 1.29 is 18.3 Å². The van der Waals surface area contributed by atoms with E-state index in [0.717, 1.165) is 11.1 Å². The lowest BCUT2D eigenvalue weighted by atomic mass is 10.1. The van der Waals surface area contributed by atoms with Gasteiger partial charge in [0.05, 0.1) is 4.90 Å². The van der Waals surface area contributed by atoms with Gasteiger partial charge in [0.1, 0.15) is 0 Å². The average molecular weight is 339 g/mol. The topological polar surface area (TPSA) is 71.4 Å². The van der Waals surface area contributed by atoms with E-state index >= 15 is 0 Å². The second-order valence-electron chi connectivity index (χ2n) is 5.35. The van der Waals surface area contributed by atoms with Gasteiger partial charge in [0.2, 0.25) is 0 Å². The molecule has 0 saturated heterocycles. The Hall–Kier alpha value is -1.85. The lowest BCUT2D eigenvalue weighted by Crippen LogP contribution is -2.40. The number of rotatable bonds is 4. The highest BCUT2D eigenvalue weighted by Crippen LogP contribution is 2.28. The van der Waals surface area contributed by atoms with Crippen molar-refractivity contribution in [1.29, 1.82) is 0 Å². The summed E-state index contributed by atoms with van der Waals surface area (Å²) in [6.07, 6.45) is 0. The fraction of sp³-hybridized carbons (Fsp3) is 0.188. The highest BCUT2D eigenvalue weighted by atomic mass is 35.5. The van der Waals surface area contributed by atoms with E-state index < -0.39 is 20.6 Å². The van der Waals surface area contributed by atoms with Crippen molar-refractivity contribution in [2.24, 2.45) is 0 Å². The smallest absolute Gasteiger partial charge is 0.324 e. The molecule has 0 bridgehead atoms. The molecule has 0 unspecified atom stereocenters. The lowest BCUT2D eigenvalue weighted by Gasteiger charge is -2.19. The van der Waals surface area contributed by atoms with E-state index in [-0.39, 0.29) is 4.90 Å². The first-order chi connectivity index (χ1) is 10.2. The van der Waals surface area contributed by atoms with E-state index in [1.54, 1.807) is 24.3 Å². The second-order valence-corrected chi connectivity index (χ2v) is 8.29. The third-order valence-electron chi connectivity index (χ3n) is 3.53. The van der Waals surface area contributed by atoms with E-state index in [9.17, 15) is 13.2 Å². The number of halogens is 1. The molecular formula is C16H15ClO4S. The quantitative estimate of drug-likeness (QED) is 0.923. The maximum Gasteiger partial charge on any atom is 0.324 e. The highest BCUT2D eigenvalue weighted by molar-refractivity contribution is 7.93. The Balaban J connectivity index is 2.41. The van der Waals surface area contributed by atoms with E-state index in [4.69, 9.17) is 16.7 Å². The fourth-order valence-electron chi connectivity index (χ4n) is 1.88. The summed E-state index contributed by atoms with van der Waals surface area (Å²) < 4.78 is 22.9. The van der Waals surface area contributed by atoms with Crippen LogP contribution >= 0.6 is 11.6 Å². The Labute approximate surface area is 134 Å². The van der Waals surface area contributed by atoms with Crippen LogP contribution in [-0.2, 0) is 14.6 Å². The normalized spacial score (nSPS) is 12.1. The van der Waals surface area contributed by atoms with E-state index in [2.05, 4.69) is 0 Å². The second kappa shape index (κ2) is 5.74. The Kier molecular flexibility index (Phi) is 4.31. The van der Waals surface area contributed by atoms with Gasteiger partial charge >= 0.3 is 5.97 Å². The molecule has 0 aromatic heterocycles. The third-order valence-corrected chi connectivity index (χ3v) is 6.19. The van der Waals surface area contributed by atoms with Gasteiger partial charge in [-0.1, -0.05) is 35.9 Å². The Morgan fingerprint density at radius 3 is 1.77 bits per heavy atom. The number of benzene rings is 2. The van der Waals surface area contributed by atoms with Gasteiger partial charge in [-0.05, 0) is 49.2 Å². The predicted molar refractivity (Wildman–Crippen MR) is 85.8 cm³/mol. The molecule has 2 rings (SSSR count). The van der Waals surface area contributed by atoms with Crippen molar-refractivity contribution in [3.05, 3.63) is 53.6 Å². The molecular weight excluding hydrogens is 324 g/mol. The molecule has 2 aromatic carbocycles. The summed E-state index contributed by atoms with van der Waals surface area (Å²) in [5, 5.41) is 9.72. The van der Waals surface area contributed by atoms with Crippen molar-refractivity contribution >= 4 is 27.4 Å². The number of aliphatic carboxylic acids is 1. The third kappa shape index (κ3) is 2.87. The zero-order valence-corrected chi connectivity index (χ0v) is 13.6. The van der Waals surface area contributed by atoms with Crippen LogP contribution in [0, 0.1) is 0 Å². The fourth-order valence-corrected chi connectivity index (χ4v) is 3.32. The molecule has 0 aliphatic rings. The molecule has 22 heavy (non-hydrogen) atoms. The van der Waals surface area contributed by atoms with Crippen LogP contribution in [0.25, 0.3) is 11.1 Å². The number of hydrogen-bond donors (Lipinski definition) is 1. The monoisotopic (exact) mass is 338 g/mol. The van der Waals surface area contributed by atoms with Gasteiger partial charge in [0.15, 0.2) is 14.6 Å². The maximum atomic E-state index is 12.4. The number of carboxylic acids is 1. The van der Waals surface area contributed by atoms with Crippen LogP contribution in [-0.4, -0.2) is 24.2 Å². The van der Waals surface area contributed by atoms with Crippen LogP contribution in [0.5, 0.6) is 0 Å². The van der Waals surface area contributed by atoms with Crippen LogP contribution in [0.15, 0.2) is 53.4 Å². The summed E-state index contributed by atoms with van der Waals surface area (Å²) in [5.74, 6) is -1.38. The van der Waals surface area contributed by atoms with Gasteiger partial charge in [0, 0.05) is 5.02 Å². The van der Waals surface area contributed by atoms with Crippen LogP contribution in [0.3, 0.4) is 0 Å². The number of hydrogen-bond acceptors (Lipinski definition) is 3. The van der Waals surface area contributed by atoms with Crippen molar-refractivity contribution in [2.45, 2.75) is 23.5 Å². The molecule has 0 radical (unpaired) electrons. The molecule has 0 aliphatic carbocycles. The Morgan fingerprint density at radius 2 is 1.36 bits per heavy atom. The summed E-state index contributed by atoms with van der Waals surface area (Å²) in [4.78, 5) is 11.2. The van der Waals surface area contributed by atoms with Crippen LogP contribution in [0.2, 0.25) is 5.02 Å². The van der Waals surface area contributed by atoms with Crippen molar-refractivity contribution in [1.82, 2.24) is 0 Å². The highest BCUT2D eigenvalue weighted by Gasteiger charge is 2.42. The van der Waals surface area contributed by atoms with E-state index in [1.807, 2.05) is 12.1 Å².